The average molecular weight is 275 g/mol. The van der Waals surface area contributed by atoms with E-state index in [0.29, 0.717) is 12.8 Å². The van der Waals surface area contributed by atoms with Gasteiger partial charge in [-0.05, 0) is 31.2 Å². The van der Waals surface area contributed by atoms with E-state index >= 15 is 0 Å². The molecule has 0 aliphatic heterocycles. The fourth-order valence-electron chi connectivity index (χ4n) is 2.90. The van der Waals surface area contributed by atoms with Crippen LogP contribution >= 0.6 is 0 Å². The van der Waals surface area contributed by atoms with Gasteiger partial charge < -0.3 is 0 Å². The maximum Gasteiger partial charge on any atom is 0.243 e. The molecule has 0 saturated heterocycles. The molecule has 4 heteroatoms. The number of hydrogen-bond donors (Lipinski definition) is 2. The Hall–Kier alpha value is -1.68. The van der Waals surface area contributed by atoms with Crippen LogP contribution in [0.2, 0.25) is 0 Å². The van der Waals surface area contributed by atoms with Crippen molar-refractivity contribution >= 4 is 11.7 Å². The van der Waals surface area contributed by atoms with E-state index in [-0.39, 0.29) is 17.1 Å². The Kier molecular flexibility index (Phi) is 4.55. The Labute approximate surface area is 119 Å². The van der Waals surface area contributed by atoms with Gasteiger partial charge in [-0.3, -0.25) is 14.8 Å². The van der Waals surface area contributed by atoms with Crippen LogP contribution in [0.4, 0.5) is 0 Å². The number of fused-ring (bicyclic) bond motifs is 1. The summed E-state index contributed by atoms with van der Waals surface area (Å²) in [7, 11) is 0. The summed E-state index contributed by atoms with van der Waals surface area (Å²) >= 11 is 0. The topological polar surface area (TPSA) is 66.4 Å². The molecule has 1 aliphatic carbocycles. The summed E-state index contributed by atoms with van der Waals surface area (Å²) in [6, 6.07) is 7.82. The fraction of sp³-hybridized carbons (Fsp3) is 0.500. The molecule has 0 fully saturated rings. The van der Waals surface area contributed by atoms with Gasteiger partial charge in [-0.25, -0.2) is 5.48 Å². The molecule has 1 aromatic rings. The van der Waals surface area contributed by atoms with Gasteiger partial charge in [-0.1, -0.05) is 37.6 Å². The lowest BCUT2D eigenvalue weighted by Gasteiger charge is -2.33. The highest BCUT2D eigenvalue weighted by Crippen LogP contribution is 2.39. The summed E-state index contributed by atoms with van der Waals surface area (Å²) in [4.78, 5) is 23.5. The molecule has 1 aliphatic rings. The Balaban J connectivity index is 1.95. The van der Waals surface area contributed by atoms with Crippen LogP contribution in [0.25, 0.3) is 0 Å². The number of benzene rings is 1. The number of amides is 1. The molecule has 0 radical (unpaired) electrons. The minimum absolute atomic E-state index is 0.228. The van der Waals surface area contributed by atoms with Gasteiger partial charge in [0, 0.05) is 17.4 Å². The number of rotatable bonds is 5. The number of ketones is 1. The van der Waals surface area contributed by atoms with Crippen molar-refractivity contribution in [2.45, 2.75) is 45.4 Å². The first-order chi connectivity index (χ1) is 9.57. The zero-order valence-corrected chi connectivity index (χ0v) is 11.8. The standard InChI is InChI=1S/C16H21NO3/c1-16(10-5-4-8-14(18)17-20)11-9-12-6-2-3-7-13(12)15(16)19/h2-3,6-7,20H,4-5,8-11H2,1H3,(H,17,18). The lowest BCUT2D eigenvalue weighted by Crippen LogP contribution is -2.33. The highest BCUT2D eigenvalue weighted by atomic mass is 16.5. The van der Waals surface area contributed by atoms with Crippen LogP contribution in [0.5, 0.6) is 0 Å². The minimum atomic E-state index is -0.365. The number of aryl methyl sites for hydroxylation is 1. The predicted octanol–water partition coefficient (Wildman–Crippen LogP) is 2.89. The second-order valence-corrected chi connectivity index (χ2v) is 5.79. The Morgan fingerprint density at radius 1 is 1.35 bits per heavy atom. The van der Waals surface area contributed by atoms with Gasteiger partial charge in [-0.2, -0.15) is 0 Å². The summed E-state index contributed by atoms with van der Waals surface area (Å²) in [6.07, 6.45) is 4.41. The number of unbranched alkanes of at least 4 members (excludes halogenated alkanes) is 1. The maximum atomic E-state index is 12.6. The quantitative estimate of drug-likeness (QED) is 0.493. The van der Waals surface area contributed by atoms with Gasteiger partial charge >= 0.3 is 0 Å². The van der Waals surface area contributed by atoms with Crippen LogP contribution in [0.15, 0.2) is 24.3 Å². The number of nitrogens with one attached hydrogen (secondary N) is 1. The van der Waals surface area contributed by atoms with Crippen molar-refractivity contribution in [1.29, 1.82) is 0 Å². The van der Waals surface area contributed by atoms with Crippen molar-refractivity contribution in [3.8, 4) is 0 Å². The lowest BCUT2D eigenvalue weighted by atomic mass is 9.69. The predicted molar refractivity (Wildman–Crippen MR) is 75.6 cm³/mol. The van der Waals surface area contributed by atoms with E-state index in [1.54, 1.807) is 5.48 Å². The van der Waals surface area contributed by atoms with Crippen LogP contribution in [0, 0.1) is 5.41 Å². The number of Topliss-reactive ketones (excluding diaryl/α,β-unsaturated/α-hetero) is 1. The zero-order chi connectivity index (χ0) is 14.6. The monoisotopic (exact) mass is 275 g/mol. The largest absolute Gasteiger partial charge is 0.294 e. The van der Waals surface area contributed by atoms with Gasteiger partial charge in [-0.15, -0.1) is 0 Å². The molecule has 4 nitrogen and oxygen atoms in total. The lowest BCUT2D eigenvalue weighted by molar-refractivity contribution is -0.129. The van der Waals surface area contributed by atoms with Gasteiger partial charge in [0.25, 0.3) is 0 Å². The van der Waals surface area contributed by atoms with Crippen molar-refractivity contribution in [3.05, 3.63) is 35.4 Å². The minimum Gasteiger partial charge on any atom is -0.294 e. The molecule has 0 heterocycles. The molecule has 0 spiro atoms. The van der Waals surface area contributed by atoms with Crippen LogP contribution in [0.1, 0.15) is 54.9 Å². The van der Waals surface area contributed by atoms with Gasteiger partial charge in [0.15, 0.2) is 5.78 Å². The second-order valence-electron chi connectivity index (χ2n) is 5.79. The van der Waals surface area contributed by atoms with Crippen LogP contribution in [0.3, 0.4) is 0 Å². The Bertz CT molecular complexity index is 512. The number of carbonyl (C=O) groups excluding carboxylic acids is 2. The molecule has 1 amide bonds. The highest BCUT2D eigenvalue weighted by Gasteiger charge is 2.37. The molecule has 108 valence electrons. The molecule has 0 aromatic heterocycles. The second kappa shape index (κ2) is 6.18. The summed E-state index contributed by atoms with van der Waals surface area (Å²) in [5, 5.41) is 8.43. The van der Waals surface area contributed by atoms with Crippen LogP contribution in [-0.4, -0.2) is 16.9 Å². The zero-order valence-electron chi connectivity index (χ0n) is 11.8. The number of hydroxylamine groups is 1. The number of carbonyl (C=O) groups is 2. The third-order valence-electron chi connectivity index (χ3n) is 4.26. The SMILES string of the molecule is CC1(CCCCC(=O)NO)CCc2ccccc2C1=O. The average Bonchev–Trinajstić information content (AvgIpc) is 2.48. The molecule has 1 unspecified atom stereocenters. The van der Waals surface area contributed by atoms with E-state index < -0.39 is 0 Å². The third kappa shape index (κ3) is 3.07. The summed E-state index contributed by atoms with van der Waals surface area (Å²) < 4.78 is 0. The smallest absolute Gasteiger partial charge is 0.243 e. The molecule has 1 atom stereocenters. The highest BCUT2D eigenvalue weighted by molar-refractivity contribution is 6.02. The molecule has 0 saturated carbocycles. The van der Waals surface area contributed by atoms with Crippen LogP contribution in [-0.2, 0) is 11.2 Å². The first-order valence-corrected chi connectivity index (χ1v) is 7.12. The van der Waals surface area contributed by atoms with E-state index in [1.807, 2.05) is 31.2 Å². The molecular formula is C16H21NO3. The molecular weight excluding hydrogens is 254 g/mol. The molecule has 2 N–H and O–H groups in total. The fourth-order valence-corrected chi connectivity index (χ4v) is 2.90. The van der Waals surface area contributed by atoms with Crippen molar-refractivity contribution in [3.63, 3.8) is 0 Å². The normalized spacial score (nSPS) is 21.4. The van der Waals surface area contributed by atoms with E-state index in [4.69, 9.17) is 5.21 Å². The summed E-state index contributed by atoms with van der Waals surface area (Å²) in [5.41, 5.74) is 3.32. The van der Waals surface area contributed by atoms with E-state index in [0.717, 1.165) is 36.8 Å². The molecule has 0 bridgehead atoms. The van der Waals surface area contributed by atoms with Crippen LogP contribution < -0.4 is 5.48 Å². The first kappa shape index (κ1) is 14.7. The maximum absolute atomic E-state index is 12.6. The van der Waals surface area contributed by atoms with Crippen molar-refractivity contribution in [1.82, 2.24) is 5.48 Å². The third-order valence-corrected chi connectivity index (χ3v) is 4.26. The molecule has 20 heavy (non-hydrogen) atoms. The summed E-state index contributed by atoms with van der Waals surface area (Å²) in [5.74, 6) is -0.138. The Morgan fingerprint density at radius 2 is 2.10 bits per heavy atom. The summed E-state index contributed by atoms with van der Waals surface area (Å²) in [6.45, 7) is 2.03. The van der Waals surface area contributed by atoms with Gasteiger partial charge in [0.05, 0.1) is 0 Å². The Morgan fingerprint density at radius 3 is 2.85 bits per heavy atom. The molecule has 2 rings (SSSR count). The van der Waals surface area contributed by atoms with Gasteiger partial charge in [0.2, 0.25) is 5.91 Å². The van der Waals surface area contributed by atoms with Gasteiger partial charge in [0.1, 0.15) is 0 Å². The van der Waals surface area contributed by atoms with Crippen molar-refractivity contribution < 1.29 is 14.8 Å². The van der Waals surface area contributed by atoms with E-state index in [2.05, 4.69) is 0 Å². The number of hydrogen-bond acceptors (Lipinski definition) is 3. The first-order valence-electron chi connectivity index (χ1n) is 7.12. The molecule has 1 aromatic carbocycles. The van der Waals surface area contributed by atoms with Crippen molar-refractivity contribution in [2.24, 2.45) is 5.41 Å². The van der Waals surface area contributed by atoms with E-state index in [9.17, 15) is 9.59 Å². The van der Waals surface area contributed by atoms with E-state index in [1.165, 1.54) is 0 Å². The van der Waals surface area contributed by atoms with Crippen molar-refractivity contribution in [2.75, 3.05) is 0 Å².